The summed E-state index contributed by atoms with van der Waals surface area (Å²) in [7, 11) is 3.13. The number of hydrogen-bond acceptors (Lipinski definition) is 4. The van der Waals surface area contributed by atoms with Gasteiger partial charge in [0.25, 0.3) is 0 Å². The van der Waals surface area contributed by atoms with Crippen molar-refractivity contribution in [2.24, 2.45) is 0 Å². The fourth-order valence-electron chi connectivity index (χ4n) is 2.14. The van der Waals surface area contributed by atoms with Crippen molar-refractivity contribution >= 4 is 23.5 Å². The molecule has 5 heteroatoms. The van der Waals surface area contributed by atoms with Crippen LogP contribution in [0.25, 0.3) is 6.08 Å². The second-order valence-electron chi connectivity index (χ2n) is 5.08. The molecule has 2 rings (SSSR count). The van der Waals surface area contributed by atoms with E-state index in [2.05, 4.69) is 11.9 Å². The molecule has 0 aromatic heterocycles. The maximum Gasteiger partial charge on any atom is 0.247 e. The van der Waals surface area contributed by atoms with Crippen LogP contribution in [0.2, 0.25) is 0 Å². The first-order chi connectivity index (χ1) is 12.1. The fraction of sp³-hybridized carbons (Fsp3) is 0.100. The summed E-state index contributed by atoms with van der Waals surface area (Å²) in [6.07, 6.45) is 4.38. The highest BCUT2D eigenvalue weighted by Crippen LogP contribution is 2.28. The number of ketones is 1. The second-order valence-corrected chi connectivity index (χ2v) is 5.08. The van der Waals surface area contributed by atoms with Crippen LogP contribution in [0.4, 0.5) is 5.69 Å². The highest BCUT2D eigenvalue weighted by molar-refractivity contribution is 6.07. The van der Waals surface area contributed by atoms with Crippen molar-refractivity contribution < 1.29 is 19.1 Å². The quantitative estimate of drug-likeness (QED) is 0.618. The van der Waals surface area contributed by atoms with Gasteiger partial charge >= 0.3 is 0 Å². The summed E-state index contributed by atoms with van der Waals surface area (Å²) in [5, 5.41) is 2.63. The maximum absolute atomic E-state index is 12.2. The number of benzene rings is 2. The van der Waals surface area contributed by atoms with Crippen molar-refractivity contribution in [1.82, 2.24) is 0 Å². The molecule has 25 heavy (non-hydrogen) atoms. The van der Waals surface area contributed by atoms with E-state index in [0.717, 1.165) is 5.56 Å². The Balaban J connectivity index is 2.09. The molecule has 128 valence electrons. The molecule has 5 nitrogen and oxygen atoms in total. The van der Waals surface area contributed by atoms with Crippen LogP contribution in [0.15, 0.2) is 61.2 Å². The van der Waals surface area contributed by atoms with Crippen molar-refractivity contribution in [2.75, 3.05) is 19.5 Å². The number of allylic oxidation sites excluding steroid dienone is 1. The summed E-state index contributed by atoms with van der Waals surface area (Å²) >= 11 is 0. The van der Waals surface area contributed by atoms with Gasteiger partial charge in [0.15, 0.2) is 17.3 Å². The molecule has 2 aromatic rings. The van der Waals surface area contributed by atoms with Crippen molar-refractivity contribution in [1.29, 1.82) is 0 Å². The molecular weight excluding hydrogens is 318 g/mol. The molecule has 0 unspecified atom stereocenters. The van der Waals surface area contributed by atoms with Gasteiger partial charge in [0.05, 0.1) is 14.2 Å². The first-order valence-electron chi connectivity index (χ1n) is 7.55. The Morgan fingerprint density at radius 3 is 2.28 bits per heavy atom. The summed E-state index contributed by atoms with van der Waals surface area (Å²) < 4.78 is 10.4. The van der Waals surface area contributed by atoms with E-state index in [9.17, 15) is 9.59 Å². The maximum atomic E-state index is 12.2. The van der Waals surface area contributed by atoms with Gasteiger partial charge in [-0.3, -0.25) is 9.59 Å². The van der Waals surface area contributed by atoms with E-state index in [1.165, 1.54) is 12.2 Å². The van der Waals surface area contributed by atoms with Crippen LogP contribution in [-0.4, -0.2) is 25.9 Å². The topological polar surface area (TPSA) is 64.6 Å². The molecule has 1 amide bonds. The van der Waals surface area contributed by atoms with Gasteiger partial charge in [-0.15, -0.1) is 0 Å². The number of anilines is 1. The van der Waals surface area contributed by atoms with Crippen LogP contribution in [0.5, 0.6) is 11.5 Å². The fourth-order valence-corrected chi connectivity index (χ4v) is 2.14. The van der Waals surface area contributed by atoms with Crippen LogP contribution in [0, 0.1) is 0 Å². The Labute approximate surface area is 146 Å². The molecule has 0 aliphatic heterocycles. The van der Waals surface area contributed by atoms with Gasteiger partial charge in [-0.25, -0.2) is 0 Å². The molecule has 0 radical (unpaired) electrons. The van der Waals surface area contributed by atoms with Gasteiger partial charge in [0.1, 0.15) is 0 Å². The Morgan fingerprint density at radius 2 is 1.68 bits per heavy atom. The average Bonchev–Trinajstić information content (AvgIpc) is 2.66. The number of carbonyl (C=O) groups is 2. The Hall–Kier alpha value is -3.34. The number of rotatable bonds is 7. The predicted octanol–water partition coefficient (Wildman–Crippen LogP) is 3.72. The standard InChI is InChI=1S/C20H19NO4/c1-4-20(23)21-16-9-7-15(8-10-16)17(22)11-5-14-6-12-18(24-2)19(13-14)25-3/h4-13H,1H2,2-3H3,(H,21,23)/b11-5+. The van der Waals surface area contributed by atoms with E-state index < -0.39 is 0 Å². The third-order valence-corrected chi connectivity index (χ3v) is 3.46. The van der Waals surface area contributed by atoms with Gasteiger partial charge in [-0.2, -0.15) is 0 Å². The molecule has 0 saturated carbocycles. The third-order valence-electron chi connectivity index (χ3n) is 3.46. The van der Waals surface area contributed by atoms with E-state index in [1.807, 2.05) is 6.07 Å². The van der Waals surface area contributed by atoms with Crippen molar-refractivity contribution in [3.63, 3.8) is 0 Å². The normalized spacial score (nSPS) is 10.3. The SMILES string of the molecule is C=CC(=O)Nc1ccc(C(=O)/C=C/c2ccc(OC)c(OC)c2)cc1. The van der Waals surface area contributed by atoms with Gasteiger partial charge in [-0.1, -0.05) is 18.7 Å². The van der Waals surface area contributed by atoms with Crippen LogP contribution in [-0.2, 0) is 4.79 Å². The van der Waals surface area contributed by atoms with Crippen LogP contribution < -0.4 is 14.8 Å². The minimum absolute atomic E-state index is 0.142. The monoisotopic (exact) mass is 337 g/mol. The number of ether oxygens (including phenoxy) is 2. The van der Waals surface area contributed by atoms with Crippen molar-refractivity contribution in [3.8, 4) is 11.5 Å². The van der Waals surface area contributed by atoms with E-state index in [1.54, 1.807) is 56.7 Å². The number of nitrogens with one attached hydrogen (secondary N) is 1. The molecule has 0 spiro atoms. The molecule has 2 aromatic carbocycles. The molecule has 0 atom stereocenters. The highest BCUT2D eigenvalue weighted by atomic mass is 16.5. The molecule has 0 bridgehead atoms. The average molecular weight is 337 g/mol. The van der Waals surface area contributed by atoms with Gasteiger partial charge in [0, 0.05) is 11.3 Å². The van der Waals surface area contributed by atoms with Crippen molar-refractivity contribution in [2.45, 2.75) is 0 Å². The molecule has 1 N–H and O–H groups in total. The molecule has 0 aliphatic rings. The summed E-state index contributed by atoms with van der Waals surface area (Å²) in [4.78, 5) is 23.5. The summed E-state index contributed by atoms with van der Waals surface area (Å²) in [5.41, 5.74) is 1.94. The molecule has 0 heterocycles. The summed E-state index contributed by atoms with van der Waals surface area (Å²) in [5.74, 6) is 0.784. The summed E-state index contributed by atoms with van der Waals surface area (Å²) in [6, 6.07) is 12.0. The summed E-state index contributed by atoms with van der Waals surface area (Å²) in [6.45, 7) is 3.39. The van der Waals surface area contributed by atoms with Crippen LogP contribution in [0.1, 0.15) is 15.9 Å². The van der Waals surface area contributed by atoms with E-state index in [0.29, 0.717) is 22.7 Å². The molecule has 0 aliphatic carbocycles. The Kier molecular flexibility index (Phi) is 6.12. The van der Waals surface area contributed by atoms with Gasteiger partial charge in [-0.05, 0) is 54.1 Å². The highest BCUT2D eigenvalue weighted by Gasteiger charge is 2.05. The first kappa shape index (κ1) is 18.0. The molecule has 0 fully saturated rings. The number of hydrogen-bond donors (Lipinski definition) is 1. The lowest BCUT2D eigenvalue weighted by molar-refractivity contribution is -0.111. The van der Waals surface area contributed by atoms with E-state index in [4.69, 9.17) is 9.47 Å². The molecule has 0 saturated heterocycles. The Morgan fingerprint density at radius 1 is 1.00 bits per heavy atom. The lowest BCUT2D eigenvalue weighted by atomic mass is 10.1. The number of amides is 1. The second kappa shape index (κ2) is 8.49. The lowest BCUT2D eigenvalue weighted by Gasteiger charge is -2.07. The molecular formula is C20H19NO4. The van der Waals surface area contributed by atoms with Gasteiger partial charge in [0.2, 0.25) is 5.91 Å². The predicted molar refractivity (Wildman–Crippen MR) is 98.2 cm³/mol. The third kappa shape index (κ3) is 4.81. The van der Waals surface area contributed by atoms with Crippen molar-refractivity contribution in [3.05, 3.63) is 72.3 Å². The largest absolute Gasteiger partial charge is 0.493 e. The number of methoxy groups -OCH3 is 2. The van der Waals surface area contributed by atoms with E-state index >= 15 is 0 Å². The van der Waals surface area contributed by atoms with Crippen LogP contribution in [0.3, 0.4) is 0 Å². The zero-order chi connectivity index (χ0) is 18.2. The zero-order valence-corrected chi connectivity index (χ0v) is 14.1. The Bertz CT molecular complexity index is 807. The van der Waals surface area contributed by atoms with E-state index in [-0.39, 0.29) is 11.7 Å². The van der Waals surface area contributed by atoms with Gasteiger partial charge < -0.3 is 14.8 Å². The zero-order valence-electron chi connectivity index (χ0n) is 14.1. The minimum atomic E-state index is -0.299. The smallest absolute Gasteiger partial charge is 0.247 e. The number of carbonyl (C=O) groups excluding carboxylic acids is 2. The minimum Gasteiger partial charge on any atom is -0.493 e. The lowest BCUT2D eigenvalue weighted by Crippen LogP contribution is -2.07. The first-order valence-corrected chi connectivity index (χ1v) is 7.55. The van der Waals surface area contributed by atoms with Crippen LogP contribution >= 0.6 is 0 Å².